The highest BCUT2D eigenvalue weighted by molar-refractivity contribution is 6.18. The van der Waals surface area contributed by atoms with Gasteiger partial charge in [-0.15, -0.1) is 0 Å². The van der Waals surface area contributed by atoms with E-state index in [2.05, 4.69) is 16.0 Å². The summed E-state index contributed by atoms with van der Waals surface area (Å²) in [6, 6.07) is 17.0. The first kappa shape index (κ1) is 34.6. The fourth-order valence-corrected chi connectivity index (χ4v) is 4.89. The van der Waals surface area contributed by atoms with Gasteiger partial charge in [0.1, 0.15) is 22.9 Å². The smallest absolute Gasteiger partial charge is 0.301 e. The number of aromatic nitrogens is 2. The number of carbonyl (C=O) groups excluding carboxylic acids is 2. The molecule has 2 N–H and O–H groups in total. The Bertz CT molecular complexity index is 2230. The van der Waals surface area contributed by atoms with Crippen molar-refractivity contribution in [3.8, 4) is 28.4 Å². The predicted molar refractivity (Wildman–Crippen MR) is 176 cm³/mol. The number of methoxy groups -OCH3 is 2. The van der Waals surface area contributed by atoms with Crippen LogP contribution in [0.3, 0.4) is 0 Å². The monoisotopic (exact) mass is 698 g/mol. The molecule has 0 saturated carbocycles. The number of rotatable bonds is 13. The van der Waals surface area contributed by atoms with Gasteiger partial charge in [-0.25, -0.2) is 4.68 Å². The van der Waals surface area contributed by atoms with Crippen molar-refractivity contribution in [2.24, 2.45) is 0 Å². The lowest BCUT2D eigenvalue weighted by molar-refractivity contribution is -0.394. The Morgan fingerprint density at radius 1 is 0.686 bits per heavy atom. The number of ketones is 1. The summed E-state index contributed by atoms with van der Waals surface area (Å²) in [5.41, 5.74) is 0.0300. The number of nitro groups is 4. The van der Waals surface area contributed by atoms with Crippen molar-refractivity contribution >= 4 is 40.1 Å². The van der Waals surface area contributed by atoms with Crippen LogP contribution in [-0.2, 0) is 0 Å². The maximum absolute atomic E-state index is 14.3. The highest BCUT2D eigenvalue weighted by atomic mass is 16.6. The summed E-state index contributed by atoms with van der Waals surface area (Å²) in [5.74, 6) is -1.18. The fraction of sp³-hybridized carbons (Fsp3) is 0.0645. The Morgan fingerprint density at radius 3 is 1.75 bits per heavy atom. The molecular formula is C31H22N8O12. The standard InChI is InChI=1S/C31H22N8O12/c1-50-21-9-3-17(4-10-21)29-27(30(40)18-5-11-22(51-2)12-6-18)28(34-35(29)24-14-8-20(37(44)45)16-26(24)39(48)49)31(41)33-32-23-13-7-19(36(42)43)15-25(23)38(46)47/h3-16,32H,1-2H3,(H,33,41). The average molecular weight is 699 g/mol. The van der Waals surface area contributed by atoms with Crippen LogP contribution in [0, 0.1) is 40.5 Å². The van der Waals surface area contributed by atoms with E-state index >= 15 is 0 Å². The molecule has 0 aliphatic heterocycles. The minimum Gasteiger partial charge on any atom is -0.497 e. The number of hydrazine groups is 1. The Labute approximate surface area is 284 Å². The third-order valence-electron chi connectivity index (χ3n) is 7.34. The second kappa shape index (κ2) is 14.1. The first-order valence-corrected chi connectivity index (χ1v) is 14.2. The van der Waals surface area contributed by atoms with Crippen LogP contribution in [0.4, 0.5) is 28.4 Å². The van der Waals surface area contributed by atoms with E-state index < -0.39 is 65.4 Å². The zero-order valence-corrected chi connectivity index (χ0v) is 26.2. The molecule has 5 aromatic rings. The second-order valence-corrected chi connectivity index (χ2v) is 10.3. The predicted octanol–water partition coefficient (Wildman–Crippen LogP) is 5.18. The molecule has 0 atom stereocenters. The highest BCUT2D eigenvalue weighted by Crippen LogP contribution is 2.37. The van der Waals surface area contributed by atoms with E-state index in [-0.39, 0.29) is 28.2 Å². The Kier molecular flexibility index (Phi) is 9.59. The van der Waals surface area contributed by atoms with Crippen LogP contribution in [0.1, 0.15) is 26.4 Å². The van der Waals surface area contributed by atoms with Gasteiger partial charge >= 0.3 is 11.4 Å². The number of nitro benzene ring substituents is 4. The molecule has 4 aromatic carbocycles. The molecule has 0 aliphatic carbocycles. The van der Waals surface area contributed by atoms with E-state index in [1.807, 2.05) is 0 Å². The van der Waals surface area contributed by atoms with E-state index in [1.54, 1.807) is 0 Å². The lowest BCUT2D eigenvalue weighted by Gasteiger charge is -2.12. The molecule has 0 radical (unpaired) electrons. The van der Waals surface area contributed by atoms with E-state index in [0.717, 1.165) is 28.9 Å². The van der Waals surface area contributed by atoms with Crippen molar-refractivity contribution in [2.75, 3.05) is 19.6 Å². The largest absolute Gasteiger partial charge is 0.497 e. The quantitative estimate of drug-likeness (QED) is 0.0911. The summed E-state index contributed by atoms with van der Waals surface area (Å²) in [7, 11) is 2.81. The number of carbonyl (C=O) groups is 2. The van der Waals surface area contributed by atoms with Crippen molar-refractivity contribution in [2.45, 2.75) is 0 Å². The van der Waals surface area contributed by atoms with Crippen LogP contribution in [0.15, 0.2) is 84.9 Å². The first-order chi connectivity index (χ1) is 24.3. The number of amides is 1. The van der Waals surface area contributed by atoms with Gasteiger partial charge in [0, 0.05) is 23.3 Å². The zero-order valence-electron chi connectivity index (χ0n) is 26.2. The highest BCUT2D eigenvalue weighted by Gasteiger charge is 2.33. The second-order valence-electron chi connectivity index (χ2n) is 10.3. The SMILES string of the molecule is COc1ccc(C(=O)c2c(C(=O)NNc3ccc([N+](=O)[O-])cc3[N+](=O)[O-])nn(-c3ccc([N+](=O)[O-])cc3[N+](=O)[O-])c2-c2ccc(OC)cc2)cc1. The van der Waals surface area contributed by atoms with E-state index in [1.165, 1.54) is 62.8 Å². The minimum absolute atomic E-state index is 0.0244. The molecule has 0 unspecified atom stereocenters. The number of ether oxygens (including phenoxy) is 2. The molecule has 5 rings (SSSR count). The van der Waals surface area contributed by atoms with Crippen LogP contribution >= 0.6 is 0 Å². The Hall–Kier alpha value is -7.77. The van der Waals surface area contributed by atoms with Crippen LogP contribution in [0.25, 0.3) is 16.9 Å². The molecule has 20 heteroatoms. The molecule has 20 nitrogen and oxygen atoms in total. The molecular weight excluding hydrogens is 676 g/mol. The van der Waals surface area contributed by atoms with Gasteiger partial charge in [0.25, 0.3) is 17.3 Å². The molecule has 0 aliphatic rings. The topological polar surface area (TPSA) is 267 Å². The maximum Gasteiger partial charge on any atom is 0.301 e. The van der Waals surface area contributed by atoms with Gasteiger partial charge in [-0.3, -0.25) is 60.9 Å². The molecule has 0 spiro atoms. The van der Waals surface area contributed by atoms with Crippen molar-refractivity contribution in [1.82, 2.24) is 15.2 Å². The minimum atomic E-state index is -1.17. The Morgan fingerprint density at radius 2 is 1.22 bits per heavy atom. The normalized spacial score (nSPS) is 10.5. The molecule has 258 valence electrons. The van der Waals surface area contributed by atoms with Crippen LogP contribution in [-0.4, -0.2) is 55.4 Å². The van der Waals surface area contributed by atoms with E-state index in [9.17, 15) is 50.0 Å². The lowest BCUT2D eigenvalue weighted by Crippen LogP contribution is -2.31. The van der Waals surface area contributed by atoms with E-state index in [0.29, 0.717) is 23.6 Å². The molecule has 1 amide bonds. The molecule has 0 saturated heterocycles. The summed E-state index contributed by atoms with van der Waals surface area (Å²) in [5, 5.41) is 50.8. The number of nitrogens with zero attached hydrogens (tertiary/aromatic N) is 6. The van der Waals surface area contributed by atoms with Crippen molar-refractivity contribution < 1.29 is 38.8 Å². The van der Waals surface area contributed by atoms with Crippen molar-refractivity contribution in [3.63, 3.8) is 0 Å². The van der Waals surface area contributed by atoms with Gasteiger partial charge in [-0.2, -0.15) is 5.10 Å². The van der Waals surface area contributed by atoms with E-state index in [4.69, 9.17) is 9.47 Å². The van der Waals surface area contributed by atoms with Gasteiger partial charge in [-0.05, 0) is 60.7 Å². The molecule has 1 heterocycles. The zero-order chi connectivity index (χ0) is 37.0. The summed E-state index contributed by atoms with van der Waals surface area (Å²) < 4.78 is 11.3. The summed E-state index contributed by atoms with van der Waals surface area (Å²) >= 11 is 0. The van der Waals surface area contributed by atoms with Crippen LogP contribution in [0.5, 0.6) is 11.5 Å². The number of hydrogen-bond donors (Lipinski definition) is 2. The third-order valence-corrected chi connectivity index (χ3v) is 7.34. The number of hydrogen-bond acceptors (Lipinski definition) is 14. The van der Waals surface area contributed by atoms with Crippen molar-refractivity contribution in [3.05, 3.63) is 142 Å². The molecule has 51 heavy (non-hydrogen) atoms. The van der Waals surface area contributed by atoms with Gasteiger partial charge in [0.15, 0.2) is 11.5 Å². The van der Waals surface area contributed by atoms with Gasteiger partial charge in [0.2, 0.25) is 0 Å². The van der Waals surface area contributed by atoms with Crippen molar-refractivity contribution in [1.29, 1.82) is 0 Å². The Balaban J connectivity index is 1.76. The number of non-ortho nitro benzene ring substituents is 2. The number of anilines is 1. The molecule has 0 fully saturated rings. The number of benzene rings is 4. The van der Waals surface area contributed by atoms with Gasteiger partial charge in [0.05, 0.1) is 57.3 Å². The summed E-state index contributed by atoms with van der Waals surface area (Å²) in [6.45, 7) is 0. The van der Waals surface area contributed by atoms with Gasteiger partial charge < -0.3 is 9.47 Å². The lowest BCUT2D eigenvalue weighted by atomic mass is 9.97. The molecule has 0 bridgehead atoms. The number of nitrogens with one attached hydrogen (secondary N) is 2. The maximum atomic E-state index is 14.3. The fourth-order valence-electron chi connectivity index (χ4n) is 4.89. The third kappa shape index (κ3) is 6.94. The first-order valence-electron chi connectivity index (χ1n) is 14.2. The summed E-state index contributed by atoms with van der Waals surface area (Å²) in [4.78, 5) is 71.2. The van der Waals surface area contributed by atoms with Gasteiger partial charge in [-0.1, -0.05) is 0 Å². The average Bonchev–Trinajstić information content (AvgIpc) is 3.53. The van der Waals surface area contributed by atoms with Crippen LogP contribution < -0.4 is 20.3 Å². The van der Waals surface area contributed by atoms with Crippen LogP contribution in [0.2, 0.25) is 0 Å². The summed E-state index contributed by atoms with van der Waals surface area (Å²) in [6.07, 6.45) is 0. The molecule has 1 aromatic heterocycles.